The van der Waals surface area contributed by atoms with Crippen LogP contribution in [0.15, 0.2) is 18.3 Å². The number of rotatable bonds is 2. The molecule has 108 valence electrons. The molecule has 1 saturated heterocycles. The van der Waals surface area contributed by atoms with Crippen LogP contribution < -0.4 is 16.4 Å². The van der Waals surface area contributed by atoms with Gasteiger partial charge in [0.15, 0.2) is 0 Å². The number of nitrogens with one attached hydrogen (secondary N) is 2. The minimum Gasteiger partial charge on any atom is -0.339 e. The zero-order valence-electron chi connectivity index (χ0n) is 11.2. The summed E-state index contributed by atoms with van der Waals surface area (Å²) in [5.74, 6) is 4.06. The molecule has 1 aliphatic rings. The number of aromatic nitrogens is 1. The van der Waals surface area contributed by atoms with Crippen LogP contribution in [-0.4, -0.2) is 35.3 Å². The Morgan fingerprint density at radius 3 is 3.05 bits per heavy atom. The van der Waals surface area contributed by atoms with E-state index >= 15 is 0 Å². The first-order valence-corrected chi connectivity index (χ1v) is 6.40. The van der Waals surface area contributed by atoms with Crippen molar-refractivity contribution in [2.75, 3.05) is 6.54 Å². The van der Waals surface area contributed by atoms with Crippen molar-refractivity contribution in [1.29, 1.82) is 0 Å². The van der Waals surface area contributed by atoms with Gasteiger partial charge in [-0.25, -0.2) is 4.98 Å². The van der Waals surface area contributed by atoms with Crippen molar-refractivity contribution >= 4 is 17.7 Å². The first kappa shape index (κ1) is 14.7. The van der Waals surface area contributed by atoms with Crippen LogP contribution >= 0.6 is 0 Å². The quantitative estimate of drug-likeness (QED) is 0.473. The van der Waals surface area contributed by atoms with Gasteiger partial charge in [-0.3, -0.25) is 19.7 Å². The van der Waals surface area contributed by atoms with Gasteiger partial charge in [0.1, 0.15) is 11.7 Å². The van der Waals surface area contributed by atoms with E-state index in [2.05, 4.69) is 27.5 Å². The van der Waals surface area contributed by atoms with Gasteiger partial charge in [-0.05, 0) is 18.6 Å². The molecule has 1 fully saturated rings. The van der Waals surface area contributed by atoms with E-state index in [1.807, 2.05) is 0 Å². The number of imide groups is 1. The molecular weight excluding hydrogens is 272 g/mol. The molecule has 1 atom stereocenters. The summed E-state index contributed by atoms with van der Waals surface area (Å²) >= 11 is 0. The van der Waals surface area contributed by atoms with Gasteiger partial charge in [0.2, 0.25) is 11.8 Å². The number of nitrogens with two attached hydrogens (primary N) is 1. The number of amides is 3. The van der Waals surface area contributed by atoms with E-state index in [1.54, 1.807) is 12.1 Å². The third-order valence-electron chi connectivity index (χ3n) is 2.89. The number of carbonyl (C=O) groups excluding carboxylic acids is 3. The number of carbonyl (C=O) groups is 3. The largest absolute Gasteiger partial charge is 0.339 e. The van der Waals surface area contributed by atoms with Crippen molar-refractivity contribution < 1.29 is 14.4 Å². The van der Waals surface area contributed by atoms with Crippen molar-refractivity contribution in [2.24, 2.45) is 5.73 Å². The van der Waals surface area contributed by atoms with E-state index in [9.17, 15) is 14.4 Å². The molecule has 0 bridgehead atoms. The van der Waals surface area contributed by atoms with Crippen LogP contribution in [0.1, 0.15) is 28.9 Å². The topological polar surface area (TPSA) is 114 Å². The Balaban J connectivity index is 2.14. The number of piperidine rings is 1. The molecule has 0 aliphatic carbocycles. The number of nitrogens with zero attached hydrogens (tertiary/aromatic N) is 1. The van der Waals surface area contributed by atoms with E-state index in [1.165, 1.54) is 6.20 Å². The fourth-order valence-corrected chi connectivity index (χ4v) is 1.89. The van der Waals surface area contributed by atoms with Crippen molar-refractivity contribution in [2.45, 2.75) is 18.9 Å². The molecule has 1 aromatic rings. The second-order valence-electron chi connectivity index (χ2n) is 4.38. The van der Waals surface area contributed by atoms with Gasteiger partial charge in [-0.15, -0.1) is 0 Å². The maximum Gasteiger partial charge on any atom is 0.271 e. The SMILES string of the molecule is NCC#Cc1cccnc1C(=O)NC1CCC(=O)NC1=O. The lowest BCUT2D eigenvalue weighted by atomic mass is 10.1. The average molecular weight is 286 g/mol. The van der Waals surface area contributed by atoms with Crippen LogP contribution in [0.3, 0.4) is 0 Å². The summed E-state index contributed by atoms with van der Waals surface area (Å²) < 4.78 is 0. The zero-order valence-corrected chi connectivity index (χ0v) is 11.2. The van der Waals surface area contributed by atoms with Crippen molar-refractivity contribution in [3.05, 3.63) is 29.6 Å². The third kappa shape index (κ3) is 3.64. The van der Waals surface area contributed by atoms with Gasteiger partial charge in [-0.1, -0.05) is 11.8 Å². The standard InChI is InChI=1S/C14H14N4O3/c15-7-1-3-9-4-2-8-16-12(9)14(21)17-10-5-6-11(19)18-13(10)20/h2,4,8,10H,5-7,15H2,(H,17,21)(H,18,19,20). The molecule has 7 nitrogen and oxygen atoms in total. The Kier molecular flexibility index (Phi) is 4.64. The highest BCUT2D eigenvalue weighted by molar-refractivity contribution is 6.03. The van der Waals surface area contributed by atoms with Gasteiger partial charge in [-0.2, -0.15) is 0 Å². The third-order valence-corrected chi connectivity index (χ3v) is 2.89. The van der Waals surface area contributed by atoms with Gasteiger partial charge in [0.05, 0.1) is 12.1 Å². The molecule has 4 N–H and O–H groups in total. The number of hydrogen-bond donors (Lipinski definition) is 3. The van der Waals surface area contributed by atoms with Crippen LogP contribution in [0.2, 0.25) is 0 Å². The molecule has 0 spiro atoms. The first-order valence-electron chi connectivity index (χ1n) is 6.40. The summed E-state index contributed by atoms with van der Waals surface area (Å²) in [6.07, 6.45) is 1.93. The molecule has 21 heavy (non-hydrogen) atoms. The highest BCUT2D eigenvalue weighted by Gasteiger charge is 2.28. The fraction of sp³-hybridized carbons (Fsp3) is 0.286. The molecule has 0 radical (unpaired) electrons. The Morgan fingerprint density at radius 2 is 2.33 bits per heavy atom. The van der Waals surface area contributed by atoms with E-state index in [4.69, 9.17) is 5.73 Å². The van der Waals surface area contributed by atoms with Crippen LogP contribution in [0.5, 0.6) is 0 Å². The van der Waals surface area contributed by atoms with E-state index in [0.717, 1.165) is 0 Å². The van der Waals surface area contributed by atoms with Gasteiger partial charge < -0.3 is 11.1 Å². The summed E-state index contributed by atoms with van der Waals surface area (Å²) in [7, 11) is 0. The number of hydrogen-bond acceptors (Lipinski definition) is 5. The second kappa shape index (κ2) is 6.63. The summed E-state index contributed by atoms with van der Waals surface area (Å²) in [4.78, 5) is 38.8. The zero-order chi connectivity index (χ0) is 15.2. The number of pyridine rings is 1. The predicted molar refractivity (Wildman–Crippen MR) is 73.8 cm³/mol. The Hall–Kier alpha value is -2.72. The Bertz CT molecular complexity index is 645. The van der Waals surface area contributed by atoms with Gasteiger partial charge in [0.25, 0.3) is 5.91 Å². The predicted octanol–water partition coefficient (Wildman–Crippen LogP) is -1.07. The maximum atomic E-state index is 12.2. The van der Waals surface area contributed by atoms with Gasteiger partial charge in [0, 0.05) is 12.6 Å². The molecule has 1 aliphatic heterocycles. The minimum absolute atomic E-state index is 0.128. The average Bonchev–Trinajstić information content (AvgIpc) is 2.48. The van der Waals surface area contributed by atoms with Crippen molar-refractivity contribution in [3.63, 3.8) is 0 Å². The van der Waals surface area contributed by atoms with Crippen LogP contribution in [0.25, 0.3) is 0 Å². The van der Waals surface area contributed by atoms with Gasteiger partial charge >= 0.3 is 0 Å². The molecule has 1 unspecified atom stereocenters. The van der Waals surface area contributed by atoms with Crippen LogP contribution in [-0.2, 0) is 9.59 Å². The summed E-state index contributed by atoms with van der Waals surface area (Å²) in [5, 5.41) is 4.74. The normalized spacial score (nSPS) is 17.5. The molecular formula is C14H14N4O3. The molecule has 1 aromatic heterocycles. The Morgan fingerprint density at radius 1 is 1.52 bits per heavy atom. The summed E-state index contributed by atoms with van der Waals surface area (Å²) in [6.45, 7) is 0.170. The maximum absolute atomic E-state index is 12.2. The Labute approximate surface area is 121 Å². The summed E-state index contributed by atoms with van der Waals surface area (Å²) in [5.41, 5.74) is 5.87. The van der Waals surface area contributed by atoms with Crippen LogP contribution in [0.4, 0.5) is 0 Å². The molecule has 7 heteroatoms. The summed E-state index contributed by atoms with van der Waals surface area (Å²) in [6, 6.07) is 2.56. The monoisotopic (exact) mass is 286 g/mol. The molecule has 3 amide bonds. The van der Waals surface area contributed by atoms with Crippen LogP contribution in [0, 0.1) is 11.8 Å². The minimum atomic E-state index is -0.743. The van der Waals surface area contributed by atoms with Crippen molar-refractivity contribution in [1.82, 2.24) is 15.6 Å². The first-order chi connectivity index (χ1) is 10.1. The highest BCUT2D eigenvalue weighted by Crippen LogP contribution is 2.08. The van der Waals surface area contributed by atoms with E-state index in [-0.39, 0.29) is 31.0 Å². The fourth-order valence-electron chi connectivity index (χ4n) is 1.89. The molecule has 2 rings (SSSR count). The highest BCUT2D eigenvalue weighted by atomic mass is 16.2. The molecule has 2 heterocycles. The molecule has 0 aromatic carbocycles. The lowest BCUT2D eigenvalue weighted by Crippen LogP contribution is -2.52. The smallest absolute Gasteiger partial charge is 0.271 e. The molecule has 0 saturated carbocycles. The van der Waals surface area contributed by atoms with E-state index < -0.39 is 17.9 Å². The second-order valence-corrected chi connectivity index (χ2v) is 4.38. The lowest BCUT2D eigenvalue weighted by Gasteiger charge is -2.21. The lowest BCUT2D eigenvalue weighted by molar-refractivity contribution is -0.134. The van der Waals surface area contributed by atoms with Crippen molar-refractivity contribution in [3.8, 4) is 11.8 Å². The van der Waals surface area contributed by atoms with E-state index in [0.29, 0.717) is 5.56 Å².